The lowest BCUT2D eigenvalue weighted by molar-refractivity contribution is 0.0953. The van der Waals surface area contributed by atoms with Gasteiger partial charge in [0.15, 0.2) is 11.5 Å². The minimum Gasteiger partial charge on any atom is -0.508 e. The Kier molecular flexibility index (Phi) is 9.45. The van der Waals surface area contributed by atoms with Crippen LogP contribution in [-0.4, -0.2) is 17.2 Å². The summed E-state index contributed by atoms with van der Waals surface area (Å²) >= 11 is 0. The van der Waals surface area contributed by atoms with Gasteiger partial charge in [0.1, 0.15) is 25.6 Å². The van der Waals surface area contributed by atoms with Crippen LogP contribution < -0.4 is 19.6 Å². The van der Waals surface area contributed by atoms with E-state index in [1.165, 1.54) is 6.21 Å². The fourth-order valence-corrected chi connectivity index (χ4v) is 4.06. The highest BCUT2D eigenvalue weighted by Crippen LogP contribution is 2.40. The van der Waals surface area contributed by atoms with Gasteiger partial charge in [0.05, 0.1) is 6.21 Å². The maximum atomic E-state index is 13.2. The van der Waals surface area contributed by atoms with E-state index < -0.39 is 5.91 Å². The molecule has 0 atom stereocenters. The molecule has 210 valence electrons. The van der Waals surface area contributed by atoms with Crippen LogP contribution in [0, 0.1) is 0 Å². The summed E-state index contributed by atoms with van der Waals surface area (Å²) in [4.78, 5) is 13.2. The molecule has 0 aromatic heterocycles. The van der Waals surface area contributed by atoms with Gasteiger partial charge >= 0.3 is 0 Å². The van der Waals surface area contributed by atoms with Gasteiger partial charge in [-0.05, 0) is 58.7 Å². The van der Waals surface area contributed by atoms with Crippen LogP contribution in [0.3, 0.4) is 0 Å². The van der Waals surface area contributed by atoms with E-state index in [2.05, 4.69) is 10.5 Å². The molecule has 0 saturated heterocycles. The number of hydrogen-bond acceptors (Lipinski definition) is 6. The number of carbonyl (C=O) groups is 1. The first-order valence-electron chi connectivity index (χ1n) is 13.4. The van der Waals surface area contributed by atoms with Crippen LogP contribution in [-0.2, 0) is 19.8 Å². The number of rotatable bonds is 12. The van der Waals surface area contributed by atoms with Crippen molar-refractivity contribution in [3.8, 4) is 23.0 Å². The largest absolute Gasteiger partial charge is 0.508 e. The monoisotopic (exact) mass is 558 g/mol. The van der Waals surface area contributed by atoms with Crippen LogP contribution in [0.15, 0.2) is 132 Å². The van der Waals surface area contributed by atoms with Crippen molar-refractivity contribution < 1.29 is 24.1 Å². The lowest BCUT2D eigenvalue weighted by Gasteiger charge is -2.19. The number of hydrazone groups is 1. The molecular formula is C35H30N2O5. The third kappa shape index (κ3) is 7.99. The second-order valence-electron chi connectivity index (χ2n) is 9.42. The molecule has 1 amide bonds. The highest BCUT2D eigenvalue weighted by molar-refractivity contribution is 5.96. The number of phenolic OH excluding ortho intramolecular Hbond substituents is 1. The number of hydrogen-bond donors (Lipinski definition) is 2. The highest BCUT2D eigenvalue weighted by atomic mass is 16.5. The van der Waals surface area contributed by atoms with Crippen LogP contribution in [0.25, 0.3) is 0 Å². The van der Waals surface area contributed by atoms with Gasteiger partial charge in [-0.3, -0.25) is 4.79 Å². The molecule has 5 rings (SSSR count). The molecule has 0 unspecified atom stereocenters. The summed E-state index contributed by atoms with van der Waals surface area (Å²) in [5.41, 5.74) is 6.47. The van der Waals surface area contributed by atoms with Gasteiger partial charge < -0.3 is 19.3 Å². The molecule has 2 N–H and O–H groups in total. The summed E-state index contributed by atoms with van der Waals surface area (Å²) in [6.45, 7) is 0.822. The quantitative estimate of drug-likeness (QED) is 0.129. The van der Waals surface area contributed by atoms with Gasteiger partial charge in [0.25, 0.3) is 5.91 Å². The van der Waals surface area contributed by atoms with E-state index in [-0.39, 0.29) is 31.1 Å². The average Bonchev–Trinajstić information content (AvgIpc) is 3.04. The smallest absolute Gasteiger partial charge is 0.271 e. The molecule has 0 spiro atoms. The van der Waals surface area contributed by atoms with Gasteiger partial charge in [-0.25, -0.2) is 5.43 Å². The standard InChI is InChI=1S/C35H30N2O5/c38-31-18-16-26(17-19-31)22-36-37-35(39)30-20-32(40-23-27-10-4-1-5-11-27)34(42-25-29-14-8-3-9-15-29)33(21-30)41-24-28-12-6-2-7-13-28/h1-22,38H,23-25H2,(H,37,39)/b36-22-. The van der Waals surface area contributed by atoms with E-state index in [1.54, 1.807) is 36.4 Å². The van der Waals surface area contributed by atoms with E-state index in [4.69, 9.17) is 14.2 Å². The van der Waals surface area contributed by atoms with Crippen molar-refractivity contribution >= 4 is 12.1 Å². The predicted molar refractivity (Wildman–Crippen MR) is 162 cm³/mol. The van der Waals surface area contributed by atoms with Gasteiger partial charge in [-0.1, -0.05) is 91.0 Å². The van der Waals surface area contributed by atoms with E-state index in [0.29, 0.717) is 17.2 Å². The van der Waals surface area contributed by atoms with E-state index >= 15 is 0 Å². The van der Waals surface area contributed by atoms with E-state index in [0.717, 1.165) is 22.3 Å². The molecule has 0 aliphatic rings. The fraction of sp³-hybridized carbons (Fsp3) is 0.0857. The molecule has 7 nitrogen and oxygen atoms in total. The maximum Gasteiger partial charge on any atom is 0.271 e. The first-order chi connectivity index (χ1) is 20.6. The lowest BCUT2D eigenvalue weighted by Crippen LogP contribution is -2.18. The van der Waals surface area contributed by atoms with Crippen LogP contribution >= 0.6 is 0 Å². The number of carbonyl (C=O) groups excluding carboxylic acids is 1. The number of nitrogens with zero attached hydrogens (tertiary/aromatic N) is 1. The van der Waals surface area contributed by atoms with Gasteiger partial charge in [-0.2, -0.15) is 5.10 Å². The average molecular weight is 559 g/mol. The molecule has 0 aliphatic carbocycles. The number of benzene rings is 5. The summed E-state index contributed by atoms with van der Waals surface area (Å²) in [5, 5.41) is 13.6. The molecule has 0 fully saturated rings. The molecule has 42 heavy (non-hydrogen) atoms. The van der Waals surface area contributed by atoms with Gasteiger partial charge in [0.2, 0.25) is 5.75 Å². The Labute approximate surface area is 244 Å². The Morgan fingerprint density at radius 1 is 0.643 bits per heavy atom. The second kappa shape index (κ2) is 14.2. The topological polar surface area (TPSA) is 89.4 Å². The maximum absolute atomic E-state index is 13.2. The minimum atomic E-state index is -0.450. The zero-order valence-electron chi connectivity index (χ0n) is 22.9. The normalized spacial score (nSPS) is 10.8. The van der Waals surface area contributed by atoms with E-state index in [9.17, 15) is 9.90 Å². The summed E-state index contributed by atoms with van der Waals surface area (Å²) < 4.78 is 18.7. The first kappa shape index (κ1) is 28.0. The minimum absolute atomic E-state index is 0.150. The Hall–Kier alpha value is -5.56. The molecular weight excluding hydrogens is 528 g/mol. The van der Waals surface area contributed by atoms with Crippen molar-refractivity contribution in [2.45, 2.75) is 19.8 Å². The Balaban J connectivity index is 1.45. The molecule has 0 heterocycles. The number of aromatic hydroxyl groups is 1. The lowest BCUT2D eigenvalue weighted by atomic mass is 10.1. The molecule has 7 heteroatoms. The summed E-state index contributed by atoms with van der Waals surface area (Å²) in [5.74, 6) is 0.835. The van der Waals surface area contributed by atoms with Crippen molar-refractivity contribution in [1.29, 1.82) is 0 Å². The van der Waals surface area contributed by atoms with E-state index in [1.807, 2.05) is 91.0 Å². The first-order valence-corrected chi connectivity index (χ1v) is 13.4. The molecule has 5 aromatic rings. The molecule has 0 saturated carbocycles. The predicted octanol–water partition coefficient (Wildman–Crippen LogP) is 6.89. The number of amides is 1. The molecule has 0 aliphatic heterocycles. The van der Waals surface area contributed by atoms with Crippen LogP contribution in [0.2, 0.25) is 0 Å². The van der Waals surface area contributed by atoms with Crippen molar-refractivity contribution in [3.05, 3.63) is 155 Å². The Bertz CT molecular complexity index is 1540. The zero-order valence-corrected chi connectivity index (χ0v) is 22.9. The SMILES string of the molecule is O=C(N/N=C\c1ccc(O)cc1)c1cc(OCc2ccccc2)c(OCc2ccccc2)c(OCc2ccccc2)c1. The molecule has 0 radical (unpaired) electrons. The van der Waals surface area contributed by atoms with Gasteiger partial charge in [-0.15, -0.1) is 0 Å². The van der Waals surface area contributed by atoms with Crippen LogP contribution in [0.1, 0.15) is 32.6 Å². The summed E-state index contributed by atoms with van der Waals surface area (Å²) in [6, 6.07) is 39.0. The third-order valence-corrected chi connectivity index (χ3v) is 6.26. The molecule has 0 bridgehead atoms. The number of nitrogens with one attached hydrogen (secondary N) is 1. The third-order valence-electron chi connectivity index (χ3n) is 6.26. The van der Waals surface area contributed by atoms with Crippen molar-refractivity contribution in [2.24, 2.45) is 5.10 Å². The zero-order chi connectivity index (χ0) is 29.0. The summed E-state index contributed by atoms with van der Waals surface area (Å²) in [7, 11) is 0. The Morgan fingerprint density at radius 3 is 1.57 bits per heavy atom. The van der Waals surface area contributed by atoms with Gasteiger partial charge in [0, 0.05) is 5.56 Å². The van der Waals surface area contributed by atoms with Crippen molar-refractivity contribution in [2.75, 3.05) is 0 Å². The number of ether oxygens (including phenoxy) is 3. The van der Waals surface area contributed by atoms with Crippen LogP contribution in [0.5, 0.6) is 23.0 Å². The summed E-state index contributed by atoms with van der Waals surface area (Å²) in [6.07, 6.45) is 1.49. The van der Waals surface area contributed by atoms with Crippen LogP contribution in [0.4, 0.5) is 0 Å². The second-order valence-corrected chi connectivity index (χ2v) is 9.42. The Morgan fingerprint density at radius 2 is 1.10 bits per heavy atom. The van der Waals surface area contributed by atoms with Crippen molar-refractivity contribution in [3.63, 3.8) is 0 Å². The van der Waals surface area contributed by atoms with Crippen molar-refractivity contribution in [1.82, 2.24) is 5.43 Å². The fourth-order valence-electron chi connectivity index (χ4n) is 4.06. The number of phenols is 1. The highest BCUT2D eigenvalue weighted by Gasteiger charge is 2.20. The molecule has 5 aromatic carbocycles.